The molecule has 0 saturated carbocycles. The van der Waals surface area contributed by atoms with Crippen LogP contribution in [0.2, 0.25) is 0 Å². The van der Waals surface area contributed by atoms with E-state index in [0.717, 1.165) is 0 Å². The standard InChI is InChI=1S/C13H16F3N3O4/c1-3-5-13(16,6-4-2)7-8(14)11(18(20)21)9(15)12(10(7)17)19(22)23/h3-6,17H2,1-2H3. The first-order valence-corrected chi connectivity index (χ1v) is 6.90. The van der Waals surface area contributed by atoms with E-state index in [4.69, 9.17) is 5.73 Å². The summed E-state index contributed by atoms with van der Waals surface area (Å²) in [7, 11) is 0. The SMILES string of the molecule is CCCC(F)(CCC)c1c(N)c([N+](=O)[O-])c(F)c([N+](=O)[O-])c1F. The quantitative estimate of drug-likeness (QED) is 0.457. The van der Waals surface area contributed by atoms with Gasteiger partial charge >= 0.3 is 11.4 Å². The van der Waals surface area contributed by atoms with E-state index >= 15 is 4.39 Å². The molecule has 10 heteroatoms. The smallest absolute Gasteiger partial charge is 0.347 e. The predicted octanol–water partition coefficient (Wildman–Crippen LogP) is 4.13. The third-order valence-electron chi connectivity index (χ3n) is 3.47. The molecular formula is C13H16F3N3O4. The van der Waals surface area contributed by atoms with E-state index in [-0.39, 0.29) is 25.7 Å². The van der Waals surface area contributed by atoms with Gasteiger partial charge in [-0.3, -0.25) is 20.2 Å². The first-order chi connectivity index (χ1) is 10.6. The Labute approximate surface area is 129 Å². The molecular weight excluding hydrogens is 319 g/mol. The number of rotatable bonds is 7. The van der Waals surface area contributed by atoms with Gasteiger partial charge in [0.05, 0.1) is 15.4 Å². The molecule has 2 N–H and O–H groups in total. The van der Waals surface area contributed by atoms with Crippen LogP contribution in [0, 0.1) is 31.9 Å². The van der Waals surface area contributed by atoms with Crippen molar-refractivity contribution in [2.24, 2.45) is 0 Å². The van der Waals surface area contributed by atoms with Gasteiger partial charge in [0.15, 0.2) is 0 Å². The number of alkyl halides is 1. The highest BCUT2D eigenvalue weighted by molar-refractivity contribution is 5.70. The molecule has 0 spiro atoms. The number of nitrogens with two attached hydrogens (primary N) is 1. The lowest BCUT2D eigenvalue weighted by atomic mass is 9.84. The summed E-state index contributed by atoms with van der Waals surface area (Å²) < 4.78 is 43.5. The molecule has 0 amide bonds. The number of benzene rings is 1. The lowest BCUT2D eigenvalue weighted by molar-refractivity contribution is -0.400. The Morgan fingerprint density at radius 2 is 1.43 bits per heavy atom. The zero-order valence-electron chi connectivity index (χ0n) is 12.6. The van der Waals surface area contributed by atoms with E-state index < -0.39 is 49.8 Å². The van der Waals surface area contributed by atoms with Crippen molar-refractivity contribution in [1.82, 2.24) is 0 Å². The van der Waals surface area contributed by atoms with Gasteiger partial charge in [0, 0.05) is 0 Å². The maximum absolute atomic E-state index is 15.2. The summed E-state index contributed by atoms with van der Waals surface area (Å²) in [5.41, 5.74) is -2.36. The second kappa shape index (κ2) is 6.80. The van der Waals surface area contributed by atoms with Crippen LogP contribution < -0.4 is 5.73 Å². The van der Waals surface area contributed by atoms with Gasteiger partial charge in [-0.25, -0.2) is 4.39 Å². The zero-order chi connectivity index (χ0) is 17.9. The van der Waals surface area contributed by atoms with Gasteiger partial charge in [-0.1, -0.05) is 26.7 Å². The number of anilines is 1. The number of nitro benzene ring substituents is 2. The summed E-state index contributed by atoms with van der Waals surface area (Å²) in [6, 6.07) is 0. The van der Waals surface area contributed by atoms with E-state index in [0.29, 0.717) is 0 Å². The minimum atomic E-state index is -2.46. The van der Waals surface area contributed by atoms with Gasteiger partial charge in [0.2, 0.25) is 5.82 Å². The van der Waals surface area contributed by atoms with Gasteiger partial charge in [0.25, 0.3) is 5.82 Å². The Balaban J connectivity index is 3.91. The molecule has 7 nitrogen and oxygen atoms in total. The van der Waals surface area contributed by atoms with Crippen LogP contribution in [0.5, 0.6) is 0 Å². The maximum atomic E-state index is 15.2. The number of nitro groups is 2. The van der Waals surface area contributed by atoms with E-state index in [1.165, 1.54) is 0 Å². The van der Waals surface area contributed by atoms with Crippen LogP contribution in [0.25, 0.3) is 0 Å². The van der Waals surface area contributed by atoms with Crippen LogP contribution in [0.4, 0.5) is 30.2 Å². The molecule has 1 rings (SSSR count). The van der Waals surface area contributed by atoms with Gasteiger partial charge < -0.3 is 5.73 Å². The largest absolute Gasteiger partial charge is 0.393 e. The molecule has 23 heavy (non-hydrogen) atoms. The lowest BCUT2D eigenvalue weighted by Gasteiger charge is -2.26. The van der Waals surface area contributed by atoms with Crippen molar-refractivity contribution < 1.29 is 23.0 Å². The van der Waals surface area contributed by atoms with Crippen molar-refractivity contribution >= 4 is 17.1 Å². The van der Waals surface area contributed by atoms with Crippen molar-refractivity contribution in [3.05, 3.63) is 37.4 Å². The molecule has 0 atom stereocenters. The number of nitrogens with zero attached hydrogens (tertiary/aromatic N) is 2. The molecule has 0 unspecified atom stereocenters. The Hall–Kier alpha value is -2.39. The second-order valence-electron chi connectivity index (χ2n) is 5.09. The van der Waals surface area contributed by atoms with Crippen LogP contribution in [0.1, 0.15) is 45.1 Å². The van der Waals surface area contributed by atoms with Crippen molar-refractivity contribution in [3.8, 4) is 0 Å². The van der Waals surface area contributed by atoms with Crippen molar-refractivity contribution in [1.29, 1.82) is 0 Å². The van der Waals surface area contributed by atoms with Crippen LogP contribution in [0.3, 0.4) is 0 Å². The van der Waals surface area contributed by atoms with E-state index in [1.807, 2.05) is 0 Å². The van der Waals surface area contributed by atoms with Crippen LogP contribution >= 0.6 is 0 Å². The molecule has 0 aromatic heterocycles. The summed E-state index contributed by atoms with van der Waals surface area (Å²) >= 11 is 0. The van der Waals surface area contributed by atoms with E-state index in [2.05, 4.69) is 0 Å². The molecule has 128 valence electrons. The summed E-state index contributed by atoms with van der Waals surface area (Å²) in [6.07, 6.45) is -0.0630. The average Bonchev–Trinajstić information content (AvgIpc) is 2.37. The van der Waals surface area contributed by atoms with Crippen LogP contribution in [-0.2, 0) is 5.67 Å². The summed E-state index contributed by atoms with van der Waals surface area (Å²) in [5.74, 6) is -3.82. The van der Waals surface area contributed by atoms with Gasteiger partial charge in [0.1, 0.15) is 11.4 Å². The molecule has 1 aromatic rings. The number of nitrogen functional groups attached to an aromatic ring is 1. The minimum absolute atomic E-state index is 0.231. The zero-order valence-corrected chi connectivity index (χ0v) is 12.6. The lowest BCUT2D eigenvalue weighted by Crippen LogP contribution is -2.25. The number of halogens is 3. The molecule has 0 heterocycles. The maximum Gasteiger partial charge on any atom is 0.347 e. The van der Waals surface area contributed by atoms with Gasteiger partial charge in [-0.2, -0.15) is 8.78 Å². The number of hydrogen-bond donors (Lipinski definition) is 1. The van der Waals surface area contributed by atoms with Crippen molar-refractivity contribution in [2.45, 2.75) is 45.2 Å². The average molecular weight is 335 g/mol. The van der Waals surface area contributed by atoms with Gasteiger partial charge in [-0.15, -0.1) is 0 Å². The highest BCUT2D eigenvalue weighted by Gasteiger charge is 2.45. The Morgan fingerprint density at radius 3 is 1.78 bits per heavy atom. The molecule has 0 aliphatic heterocycles. The number of hydrogen-bond acceptors (Lipinski definition) is 5. The summed E-state index contributed by atoms with van der Waals surface area (Å²) in [4.78, 5) is 19.0. The molecule has 0 saturated heterocycles. The van der Waals surface area contributed by atoms with E-state index in [1.54, 1.807) is 13.8 Å². The molecule has 0 radical (unpaired) electrons. The molecule has 0 aliphatic carbocycles. The predicted molar refractivity (Wildman–Crippen MR) is 76.7 cm³/mol. The normalized spacial score (nSPS) is 11.5. The minimum Gasteiger partial charge on any atom is -0.393 e. The molecule has 1 aromatic carbocycles. The second-order valence-corrected chi connectivity index (χ2v) is 5.09. The third-order valence-corrected chi connectivity index (χ3v) is 3.47. The Bertz CT molecular complexity index is 605. The fourth-order valence-corrected chi connectivity index (χ4v) is 2.63. The van der Waals surface area contributed by atoms with Crippen molar-refractivity contribution in [3.63, 3.8) is 0 Å². The van der Waals surface area contributed by atoms with Crippen LogP contribution in [-0.4, -0.2) is 9.85 Å². The highest BCUT2D eigenvalue weighted by atomic mass is 19.2. The third kappa shape index (κ3) is 3.20. The van der Waals surface area contributed by atoms with Gasteiger partial charge in [-0.05, 0) is 12.8 Å². The fourth-order valence-electron chi connectivity index (χ4n) is 2.63. The van der Waals surface area contributed by atoms with Crippen molar-refractivity contribution in [2.75, 3.05) is 5.73 Å². The Kier molecular flexibility index (Phi) is 5.51. The Morgan fingerprint density at radius 1 is 1.00 bits per heavy atom. The highest BCUT2D eigenvalue weighted by Crippen LogP contribution is 2.47. The van der Waals surface area contributed by atoms with Crippen LogP contribution in [0.15, 0.2) is 0 Å². The monoisotopic (exact) mass is 335 g/mol. The fraction of sp³-hybridized carbons (Fsp3) is 0.538. The first-order valence-electron chi connectivity index (χ1n) is 6.90. The summed E-state index contributed by atoms with van der Waals surface area (Å²) in [6.45, 7) is 3.18. The summed E-state index contributed by atoms with van der Waals surface area (Å²) in [5, 5.41) is 21.8. The molecule has 0 aliphatic rings. The topological polar surface area (TPSA) is 112 Å². The molecule has 0 fully saturated rings. The van der Waals surface area contributed by atoms with E-state index in [9.17, 15) is 29.0 Å². The molecule has 0 bridgehead atoms. The first kappa shape index (κ1) is 18.7.